The van der Waals surface area contributed by atoms with Crippen LogP contribution in [0.5, 0.6) is 0 Å². The zero-order chi connectivity index (χ0) is 7.98. The molecule has 0 unspecified atom stereocenters. The smallest absolute Gasteiger partial charge is 0.335 e. The summed E-state index contributed by atoms with van der Waals surface area (Å²) in [4.78, 5) is 30.1. The van der Waals surface area contributed by atoms with Crippen LogP contribution in [0, 0.1) is 0 Å². The van der Waals surface area contributed by atoms with Gasteiger partial charge in [-0.15, -0.1) is 0 Å². The number of nitrogens with one attached hydrogen (secondary N) is 1. The molecule has 0 aliphatic rings. The molecule has 0 rings (SSSR count). The van der Waals surface area contributed by atoms with Gasteiger partial charge in [-0.1, -0.05) is 0 Å². The van der Waals surface area contributed by atoms with Gasteiger partial charge in [-0.25, -0.2) is 4.79 Å². The Bertz CT molecular complexity index is 145. The largest absolute Gasteiger partial charge is 0.467 e. The van der Waals surface area contributed by atoms with Gasteiger partial charge in [0.25, 0.3) is 0 Å². The van der Waals surface area contributed by atoms with Gasteiger partial charge in [0.05, 0.1) is 7.11 Å². The SMILES string of the molecule is COC(=O)[C@H](C=O)NC=O. The molecule has 0 aliphatic carbocycles. The number of aldehydes is 1. The Morgan fingerprint density at radius 3 is 2.50 bits per heavy atom. The molecule has 0 spiro atoms. The molecule has 5 heteroatoms. The summed E-state index contributed by atoms with van der Waals surface area (Å²) in [5.74, 6) is -0.776. The van der Waals surface area contributed by atoms with Gasteiger partial charge in [-0.3, -0.25) is 4.79 Å². The van der Waals surface area contributed by atoms with Crippen LogP contribution in [-0.4, -0.2) is 31.8 Å². The monoisotopic (exact) mass is 145 g/mol. The van der Waals surface area contributed by atoms with E-state index in [-0.39, 0.29) is 6.41 Å². The first kappa shape index (κ1) is 8.61. The second kappa shape index (κ2) is 4.49. The first-order chi connectivity index (χ1) is 4.76. The van der Waals surface area contributed by atoms with E-state index in [0.717, 1.165) is 7.11 Å². The van der Waals surface area contributed by atoms with E-state index in [2.05, 4.69) is 4.74 Å². The van der Waals surface area contributed by atoms with Gasteiger partial charge in [0.1, 0.15) is 0 Å². The van der Waals surface area contributed by atoms with Gasteiger partial charge in [0.15, 0.2) is 12.3 Å². The average molecular weight is 145 g/mol. The molecule has 0 bridgehead atoms. The molecule has 0 fully saturated rings. The molecule has 56 valence electrons. The molecular formula is C5H7NO4. The molecule has 0 radical (unpaired) electrons. The molecule has 0 heterocycles. The molecule has 1 amide bonds. The van der Waals surface area contributed by atoms with Crippen molar-refractivity contribution in [3.05, 3.63) is 0 Å². The standard InChI is InChI=1S/C5H7NO4/c1-10-5(9)4(2-7)6-3-8/h2-4H,1H3,(H,6,8)/t4-/m0/s1. The van der Waals surface area contributed by atoms with Crippen LogP contribution < -0.4 is 5.32 Å². The first-order valence-corrected chi connectivity index (χ1v) is 2.49. The van der Waals surface area contributed by atoms with Crippen molar-refractivity contribution in [1.29, 1.82) is 0 Å². The van der Waals surface area contributed by atoms with Crippen LogP contribution in [0.1, 0.15) is 0 Å². The zero-order valence-electron chi connectivity index (χ0n) is 5.37. The van der Waals surface area contributed by atoms with E-state index in [9.17, 15) is 14.4 Å². The zero-order valence-corrected chi connectivity index (χ0v) is 5.37. The Balaban J connectivity index is 3.91. The lowest BCUT2D eigenvalue weighted by Crippen LogP contribution is -2.37. The number of esters is 1. The van der Waals surface area contributed by atoms with E-state index in [4.69, 9.17) is 0 Å². The van der Waals surface area contributed by atoms with Crippen molar-refractivity contribution >= 4 is 18.7 Å². The predicted octanol–water partition coefficient (Wildman–Crippen LogP) is -1.53. The minimum Gasteiger partial charge on any atom is -0.467 e. The van der Waals surface area contributed by atoms with Gasteiger partial charge in [-0.2, -0.15) is 0 Å². The average Bonchev–Trinajstić information content (AvgIpc) is 1.99. The highest BCUT2D eigenvalue weighted by Gasteiger charge is 2.15. The van der Waals surface area contributed by atoms with E-state index < -0.39 is 12.0 Å². The Labute approximate surface area is 57.3 Å². The maximum atomic E-state index is 10.5. The lowest BCUT2D eigenvalue weighted by molar-refractivity contribution is -0.145. The Kier molecular flexibility index (Phi) is 3.86. The van der Waals surface area contributed by atoms with Crippen molar-refractivity contribution in [2.75, 3.05) is 7.11 Å². The molecule has 0 aromatic rings. The van der Waals surface area contributed by atoms with Crippen LogP contribution in [0.3, 0.4) is 0 Å². The predicted molar refractivity (Wildman–Crippen MR) is 31.1 cm³/mol. The number of ether oxygens (including phenoxy) is 1. The first-order valence-electron chi connectivity index (χ1n) is 2.49. The third-order valence-electron chi connectivity index (χ3n) is 0.839. The number of hydrogen-bond acceptors (Lipinski definition) is 4. The fourth-order valence-corrected chi connectivity index (χ4v) is 0.363. The van der Waals surface area contributed by atoms with Gasteiger partial charge < -0.3 is 14.8 Å². The van der Waals surface area contributed by atoms with Gasteiger partial charge in [0.2, 0.25) is 6.41 Å². The molecule has 5 nitrogen and oxygen atoms in total. The molecule has 1 N–H and O–H groups in total. The topological polar surface area (TPSA) is 72.5 Å². The second-order valence-corrected chi connectivity index (χ2v) is 1.42. The summed E-state index contributed by atoms with van der Waals surface area (Å²) in [6.45, 7) is 0. The summed E-state index contributed by atoms with van der Waals surface area (Å²) >= 11 is 0. The Morgan fingerprint density at radius 1 is 1.60 bits per heavy atom. The summed E-state index contributed by atoms with van der Waals surface area (Å²) in [5, 5.41) is 1.96. The lowest BCUT2D eigenvalue weighted by Gasteiger charge is -2.03. The van der Waals surface area contributed by atoms with Crippen LogP contribution >= 0.6 is 0 Å². The third-order valence-corrected chi connectivity index (χ3v) is 0.839. The van der Waals surface area contributed by atoms with Crippen LogP contribution in [0.15, 0.2) is 0 Å². The van der Waals surface area contributed by atoms with Crippen molar-refractivity contribution in [2.45, 2.75) is 6.04 Å². The highest BCUT2D eigenvalue weighted by molar-refractivity contribution is 5.93. The van der Waals surface area contributed by atoms with Crippen LogP contribution in [0.2, 0.25) is 0 Å². The minimum absolute atomic E-state index is 0.260. The minimum atomic E-state index is -1.18. The third kappa shape index (κ3) is 2.25. The fraction of sp³-hybridized carbons (Fsp3) is 0.400. The van der Waals surface area contributed by atoms with Gasteiger partial charge in [0, 0.05) is 0 Å². The number of rotatable bonds is 4. The van der Waals surface area contributed by atoms with Crippen molar-refractivity contribution in [3.8, 4) is 0 Å². The van der Waals surface area contributed by atoms with Gasteiger partial charge >= 0.3 is 5.97 Å². The number of amides is 1. The summed E-state index contributed by atoms with van der Waals surface area (Å²) in [5.41, 5.74) is 0. The number of methoxy groups -OCH3 is 1. The number of carbonyl (C=O) groups is 3. The second-order valence-electron chi connectivity index (χ2n) is 1.42. The number of carbonyl (C=O) groups excluding carboxylic acids is 3. The lowest BCUT2D eigenvalue weighted by atomic mass is 10.3. The Hall–Kier alpha value is -1.39. The molecule has 0 aliphatic heterocycles. The van der Waals surface area contributed by atoms with E-state index >= 15 is 0 Å². The van der Waals surface area contributed by atoms with Crippen LogP contribution in [-0.2, 0) is 19.1 Å². The molecule has 0 aromatic heterocycles. The maximum absolute atomic E-state index is 10.5. The van der Waals surface area contributed by atoms with Crippen molar-refractivity contribution in [2.24, 2.45) is 0 Å². The quantitative estimate of drug-likeness (QED) is 0.296. The normalized spacial score (nSPS) is 11.3. The summed E-state index contributed by atoms with van der Waals surface area (Å²) in [6.07, 6.45) is 0.552. The van der Waals surface area contributed by atoms with Crippen molar-refractivity contribution < 1.29 is 19.1 Å². The van der Waals surface area contributed by atoms with Crippen LogP contribution in [0.25, 0.3) is 0 Å². The van der Waals surface area contributed by atoms with E-state index in [1.807, 2.05) is 5.32 Å². The van der Waals surface area contributed by atoms with Crippen LogP contribution in [0.4, 0.5) is 0 Å². The summed E-state index contributed by atoms with van der Waals surface area (Å²) in [6, 6.07) is -1.18. The maximum Gasteiger partial charge on any atom is 0.335 e. The molecule has 0 aromatic carbocycles. The molecule has 10 heavy (non-hydrogen) atoms. The summed E-state index contributed by atoms with van der Waals surface area (Å²) < 4.78 is 4.16. The summed E-state index contributed by atoms with van der Waals surface area (Å²) in [7, 11) is 1.13. The molecule has 0 saturated carbocycles. The van der Waals surface area contributed by atoms with E-state index in [1.165, 1.54) is 0 Å². The van der Waals surface area contributed by atoms with E-state index in [0.29, 0.717) is 6.29 Å². The molecule has 1 atom stereocenters. The fourth-order valence-electron chi connectivity index (χ4n) is 0.363. The van der Waals surface area contributed by atoms with E-state index in [1.54, 1.807) is 0 Å². The van der Waals surface area contributed by atoms with Gasteiger partial charge in [-0.05, 0) is 0 Å². The molecular weight excluding hydrogens is 138 g/mol. The number of hydrogen-bond donors (Lipinski definition) is 1. The highest BCUT2D eigenvalue weighted by atomic mass is 16.5. The van der Waals surface area contributed by atoms with Crippen molar-refractivity contribution in [1.82, 2.24) is 5.32 Å². The highest BCUT2D eigenvalue weighted by Crippen LogP contribution is 1.79. The molecule has 0 saturated heterocycles. The Morgan fingerprint density at radius 2 is 2.20 bits per heavy atom. The van der Waals surface area contributed by atoms with Crippen molar-refractivity contribution in [3.63, 3.8) is 0 Å².